The van der Waals surface area contributed by atoms with Crippen molar-refractivity contribution in [2.75, 3.05) is 25.1 Å². The summed E-state index contributed by atoms with van der Waals surface area (Å²) in [5.74, 6) is 1.09. The predicted molar refractivity (Wildman–Crippen MR) is 114 cm³/mol. The predicted octanol–water partition coefficient (Wildman–Crippen LogP) is 1.38. The average molecular weight is 489 g/mol. The van der Waals surface area contributed by atoms with Crippen LogP contribution in [0, 0.1) is 0 Å². The van der Waals surface area contributed by atoms with Crippen LogP contribution < -0.4 is 10.6 Å². The summed E-state index contributed by atoms with van der Waals surface area (Å²) in [6.45, 7) is 0.722. The van der Waals surface area contributed by atoms with Crippen molar-refractivity contribution in [3.63, 3.8) is 0 Å². The highest BCUT2D eigenvalue weighted by atomic mass is 127. The Bertz CT molecular complexity index is 819. The van der Waals surface area contributed by atoms with Gasteiger partial charge in [-0.15, -0.1) is 24.0 Å². The van der Waals surface area contributed by atoms with Gasteiger partial charge in [0.15, 0.2) is 15.8 Å². The monoisotopic (exact) mass is 489 g/mol. The van der Waals surface area contributed by atoms with Crippen LogP contribution in [0.1, 0.15) is 12.0 Å². The Hall–Kier alpha value is -1.62. The standard InChI is InChI=1S/C17H23N5O2S.HI/c1-18-17(21-15-8-12-25(23,24)13-15)19-10-7-14-3-5-16(6-4-14)22-11-2-9-20-22;/h2-6,9,11,15H,7-8,10,12-13H2,1H3,(H2,18,19,21);1H. The summed E-state index contributed by atoms with van der Waals surface area (Å²) >= 11 is 0. The zero-order valence-corrected chi connectivity index (χ0v) is 17.8. The Kier molecular flexibility index (Phi) is 7.44. The van der Waals surface area contributed by atoms with E-state index in [1.807, 2.05) is 29.1 Å². The Balaban J connectivity index is 0.00000243. The molecule has 1 fully saturated rings. The fourth-order valence-electron chi connectivity index (χ4n) is 2.86. The van der Waals surface area contributed by atoms with Crippen LogP contribution in [0.3, 0.4) is 0 Å². The molecule has 2 N–H and O–H groups in total. The molecule has 26 heavy (non-hydrogen) atoms. The summed E-state index contributed by atoms with van der Waals surface area (Å²) in [7, 11) is -1.20. The number of nitrogens with zero attached hydrogens (tertiary/aromatic N) is 3. The average Bonchev–Trinajstić information content (AvgIpc) is 3.24. The molecule has 1 saturated heterocycles. The SMILES string of the molecule is CN=C(NCCc1ccc(-n2cccn2)cc1)NC1CCS(=O)(=O)C1.I. The quantitative estimate of drug-likeness (QED) is 0.377. The molecular formula is C17H24IN5O2S. The van der Waals surface area contributed by atoms with Crippen molar-refractivity contribution in [1.29, 1.82) is 0 Å². The molecule has 1 atom stereocenters. The summed E-state index contributed by atoms with van der Waals surface area (Å²) in [5.41, 5.74) is 2.24. The van der Waals surface area contributed by atoms with Crippen LogP contribution >= 0.6 is 24.0 Å². The van der Waals surface area contributed by atoms with E-state index in [2.05, 4.69) is 32.9 Å². The number of guanidine groups is 1. The molecular weight excluding hydrogens is 465 g/mol. The lowest BCUT2D eigenvalue weighted by molar-refractivity contribution is 0.599. The Labute approximate surface area is 171 Å². The lowest BCUT2D eigenvalue weighted by atomic mass is 10.1. The van der Waals surface area contributed by atoms with E-state index in [1.54, 1.807) is 13.2 Å². The number of nitrogens with one attached hydrogen (secondary N) is 2. The first-order valence-electron chi connectivity index (χ1n) is 8.32. The second-order valence-corrected chi connectivity index (χ2v) is 8.34. The van der Waals surface area contributed by atoms with Gasteiger partial charge in [0.05, 0.1) is 17.2 Å². The zero-order valence-electron chi connectivity index (χ0n) is 14.6. The smallest absolute Gasteiger partial charge is 0.191 e. The normalized spacial score (nSPS) is 19.0. The van der Waals surface area contributed by atoms with Crippen LogP contribution in [-0.2, 0) is 16.3 Å². The first kappa shape index (κ1) is 20.7. The molecule has 1 unspecified atom stereocenters. The van der Waals surface area contributed by atoms with Gasteiger partial charge < -0.3 is 10.6 Å². The van der Waals surface area contributed by atoms with Gasteiger partial charge in [0, 0.05) is 32.0 Å². The van der Waals surface area contributed by atoms with Crippen molar-refractivity contribution in [3.8, 4) is 5.69 Å². The summed E-state index contributed by atoms with van der Waals surface area (Å²) in [5, 5.41) is 10.6. The minimum Gasteiger partial charge on any atom is -0.356 e. The number of aromatic nitrogens is 2. The van der Waals surface area contributed by atoms with Gasteiger partial charge in [-0.25, -0.2) is 13.1 Å². The molecule has 0 saturated carbocycles. The first-order valence-corrected chi connectivity index (χ1v) is 10.1. The number of benzene rings is 1. The third kappa shape index (κ3) is 5.70. The summed E-state index contributed by atoms with van der Waals surface area (Å²) in [6.07, 6.45) is 5.16. The van der Waals surface area contributed by atoms with E-state index in [0.29, 0.717) is 12.4 Å². The van der Waals surface area contributed by atoms with Gasteiger partial charge in [-0.2, -0.15) is 5.10 Å². The number of aliphatic imine (C=N–C) groups is 1. The van der Waals surface area contributed by atoms with Gasteiger partial charge in [-0.1, -0.05) is 12.1 Å². The van der Waals surface area contributed by atoms with Gasteiger partial charge in [-0.3, -0.25) is 4.99 Å². The van der Waals surface area contributed by atoms with Crippen LogP contribution in [0.4, 0.5) is 0 Å². The Morgan fingerprint density at radius 1 is 1.35 bits per heavy atom. The number of hydrogen-bond acceptors (Lipinski definition) is 4. The highest BCUT2D eigenvalue weighted by molar-refractivity contribution is 14.0. The summed E-state index contributed by atoms with van der Waals surface area (Å²) < 4.78 is 24.9. The van der Waals surface area contributed by atoms with Gasteiger partial charge in [-0.05, 0) is 36.6 Å². The molecule has 142 valence electrons. The second kappa shape index (κ2) is 9.36. The van der Waals surface area contributed by atoms with E-state index in [1.165, 1.54) is 5.56 Å². The molecule has 1 aliphatic heterocycles. The Morgan fingerprint density at radius 2 is 2.12 bits per heavy atom. The van der Waals surface area contributed by atoms with Crippen molar-refractivity contribution >= 4 is 39.8 Å². The van der Waals surface area contributed by atoms with E-state index in [0.717, 1.165) is 18.7 Å². The van der Waals surface area contributed by atoms with Crippen molar-refractivity contribution in [2.24, 2.45) is 4.99 Å². The van der Waals surface area contributed by atoms with Crippen LogP contribution in [0.2, 0.25) is 0 Å². The molecule has 1 aromatic heterocycles. The summed E-state index contributed by atoms with van der Waals surface area (Å²) in [4.78, 5) is 4.17. The van der Waals surface area contributed by atoms with E-state index >= 15 is 0 Å². The molecule has 0 radical (unpaired) electrons. The van der Waals surface area contributed by atoms with Gasteiger partial charge >= 0.3 is 0 Å². The topological polar surface area (TPSA) is 88.4 Å². The summed E-state index contributed by atoms with van der Waals surface area (Å²) in [6, 6.07) is 10.1. The minimum atomic E-state index is -2.89. The first-order chi connectivity index (χ1) is 12.1. The van der Waals surface area contributed by atoms with Crippen molar-refractivity contribution < 1.29 is 8.42 Å². The molecule has 1 aromatic carbocycles. The second-order valence-electron chi connectivity index (χ2n) is 6.11. The third-order valence-electron chi connectivity index (χ3n) is 4.21. The van der Waals surface area contributed by atoms with Gasteiger partial charge in [0.1, 0.15) is 0 Å². The molecule has 7 nitrogen and oxygen atoms in total. The lowest BCUT2D eigenvalue weighted by Gasteiger charge is -2.16. The molecule has 3 rings (SSSR count). The van der Waals surface area contributed by atoms with Crippen LogP contribution in [0.5, 0.6) is 0 Å². The highest BCUT2D eigenvalue weighted by Gasteiger charge is 2.28. The molecule has 0 bridgehead atoms. The third-order valence-corrected chi connectivity index (χ3v) is 5.98. The highest BCUT2D eigenvalue weighted by Crippen LogP contribution is 2.11. The number of rotatable bonds is 5. The maximum Gasteiger partial charge on any atom is 0.191 e. The van der Waals surface area contributed by atoms with Crippen molar-refractivity contribution in [2.45, 2.75) is 18.9 Å². The molecule has 0 aliphatic carbocycles. The van der Waals surface area contributed by atoms with Gasteiger partial charge in [0.25, 0.3) is 0 Å². The molecule has 9 heteroatoms. The minimum absolute atomic E-state index is 0. The molecule has 1 aliphatic rings. The van der Waals surface area contributed by atoms with Crippen LogP contribution in [0.15, 0.2) is 47.7 Å². The lowest BCUT2D eigenvalue weighted by Crippen LogP contribution is -2.44. The molecule has 0 amide bonds. The number of halogens is 1. The largest absolute Gasteiger partial charge is 0.356 e. The fourth-order valence-corrected chi connectivity index (χ4v) is 4.53. The van der Waals surface area contributed by atoms with E-state index in [4.69, 9.17) is 0 Å². The zero-order chi connectivity index (χ0) is 17.7. The van der Waals surface area contributed by atoms with E-state index in [-0.39, 0.29) is 41.5 Å². The van der Waals surface area contributed by atoms with Gasteiger partial charge in [0.2, 0.25) is 0 Å². The van der Waals surface area contributed by atoms with Crippen LogP contribution in [0.25, 0.3) is 5.69 Å². The van der Waals surface area contributed by atoms with Crippen molar-refractivity contribution in [1.82, 2.24) is 20.4 Å². The van der Waals surface area contributed by atoms with E-state index < -0.39 is 9.84 Å². The maximum absolute atomic E-state index is 11.5. The molecule has 0 spiro atoms. The molecule has 2 heterocycles. The van der Waals surface area contributed by atoms with Crippen LogP contribution in [-0.4, -0.2) is 55.3 Å². The number of hydrogen-bond donors (Lipinski definition) is 2. The fraction of sp³-hybridized carbons (Fsp3) is 0.412. The molecule has 2 aromatic rings. The van der Waals surface area contributed by atoms with Crippen molar-refractivity contribution in [3.05, 3.63) is 48.3 Å². The van der Waals surface area contributed by atoms with E-state index in [9.17, 15) is 8.42 Å². The Morgan fingerprint density at radius 3 is 2.69 bits per heavy atom. The number of sulfone groups is 1. The maximum atomic E-state index is 11.5.